The molecule has 0 spiro atoms. The number of nitrogens with one attached hydrogen (secondary N) is 1. The number of hydrogen-bond acceptors (Lipinski definition) is 2. The fraction of sp³-hybridized carbons (Fsp3) is 0.357. The Labute approximate surface area is 116 Å². The van der Waals surface area contributed by atoms with Gasteiger partial charge in [0.2, 0.25) is 0 Å². The smallest absolute Gasteiger partial charge is 0.0542 e. The lowest BCUT2D eigenvalue weighted by Gasteiger charge is -2.18. The molecule has 0 bridgehead atoms. The molecular weight excluding hydrogens is 290 g/mol. The van der Waals surface area contributed by atoms with E-state index in [0.29, 0.717) is 0 Å². The number of benzene rings is 1. The van der Waals surface area contributed by atoms with E-state index in [0.717, 1.165) is 10.2 Å². The van der Waals surface area contributed by atoms with Gasteiger partial charge in [0.25, 0.3) is 0 Å². The molecule has 96 valence electrons. The highest BCUT2D eigenvalue weighted by atomic mass is 79.9. The molecule has 0 radical (unpaired) electrons. The highest BCUT2D eigenvalue weighted by Gasteiger charge is 2.11. The number of halogens is 1. The van der Waals surface area contributed by atoms with Crippen molar-refractivity contribution in [3.8, 4) is 0 Å². The third kappa shape index (κ3) is 2.75. The summed E-state index contributed by atoms with van der Waals surface area (Å²) < 4.78 is 2.93. The average molecular weight is 308 g/mol. The number of aryl methyl sites for hydroxylation is 3. The summed E-state index contributed by atoms with van der Waals surface area (Å²) in [5, 5.41) is 7.74. The Morgan fingerprint density at radius 3 is 2.61 bits per heavy atom. The molecule has 1 heterocycles. The molecule has 1 atom stereocenters. The summed E-state index contributed by atoms with van der Waals surface area (Å²) in [7, 11) is 1.93. The van der Waals surface area contributed by atoms with Crippen LogP contribution in [0, 0.1) is 13.8 Å². The Morgan fingerprint density at radius 1 is 1.33 bits per heavy atom. The minimum absolute atomic E-state index is 0.233. The van der Waals surface area contributed by atoms with Gasteiger partial charge in [-0.2, -0.15) is 5.10 Å². The largest absolute Gasteiger partial charge is 0.377 e. The summed E-state index contributed by atoms with van der Waals surface area (Å²) in [6.45, 7) is 6.37. The van der Waals surface area contributed by atoms with E-state index >= 15 is 0 Å². The van der Waals surface area contributed by atoms with Crippen molar-refractivity contribution < 1.29 is 0 Å². The Hall–Kier alpha value is -1.29. The molecule has 18 heavy (non-hydrogen) atoms. The first kappa shape index (κ1) is 13.1. The van der Waals surface area contributed by atoms with Crippen LogP contribution in [0.2, 0.25) is 0 Å². The van der Waals surface area contributed by atoms with Crippen molar-refractivity contribution in [1.82, 2.24) is 9.78 Å². The molecule has 0 fully saturated rings. The molecule has 0 aliphatic carbocycles. The van der Waals surface area contributed by atoms with Crippen molar-refractivity contribution >= 4 is 21.6 Å². The van der Waals surface area contributed by atoms with Gasteiger partial charge in [0, 0.05) is 23.3 Å². The maximum atomic E-state index is 4.20. The van der Waals surface area contributed by atoms with Crippen molar-refractivity contribution in [1.29, 1.82) is 0 Å². The summed E-state index contributed by atoms with van der Waals surface area (Å²) >= 11 is 3.62. The normalized spacial score (nSPS) is 12.5. The lowest BCUT2D eigenvalue weighted by atomic mass is 10.1. The number of aromatic nitrogens is 2. The Morgan fingerprint density at radius 2 is 2.06 bits per heavy atom. The zero-order valence-electron chi connectivity index (χ0n) is 11.2. The second kappa shape index (κ2) is 5.14. The zero-order chi connectivity index (χ0) is 13.3. The first-order valence-corrected chi connectivity index (χ1v) is 6.78. The van der Waals surface area contributed by atoms with Crippen molar-refractivity contribution in [2.75, 3.05) is 5.32 Å². The molecule has 0 aliphatic heterocycles. The van der Waals surface area contributed by atoms with Gasteiger partial charge in [0.15, 0.2) is 0 Å². The van der Waals surface area contributed by atoms with Crippen LogP contribution < -0.4 is 5.32 Å². The Balaban J connectivity index is 2.24. The van der Waals surface area contributed by atoms with Crippen LogP contribution in [-0.2, 0) is 7.05 Å². The molecule has 0 saturated heterocycles. The molecule has 1 aromatic carbocycles. The molecule has 3 nitrogen and oxygen atoms in total. The van der Waals surface area contributed by atoms with Crippen molar-refractivity contribution in [3.05, 3.63) is 45.7 Å². The number of hydrogen-bond donors (Lipinski definition) is 1. The van der Waals surface area contributed by atoms with Crippen molar-refractivity contribution in [3.63, 3.8) is 0 Å². The zero-order valence-corrected chi connectivity index (χ0v) is 12.7. The Bertz CT molecular complexity index is 537. The molecular formula is C14H18BrN3. The molecule has 4 heteroatoms. The van der Waals surface area contributed by atoms with Crippen LogP contribution in [0.1, 0.15) is 29.7 Å². The molecule has 2 aromatic rings. The standard InChI is InChI=1S/C14H18BrN3/c1-9-5-10(2)14(13(15)6-9)17-11(3)12-7-16-18(4)8-12/h5-8,11,17H,1-4H3. The number of rotatable bonds is 3. The minimum atomic E-state index is 0.233. The maximum absolute atomic E-state index is 4.20. The Kier molecular flexibility index (Phi) is 3.76. The second-order valence-corrected chi connectivity index (χ2v) is 5.61. The lowest BCUT2D eigenvalue weighted by Crippen LogP contribution is -2.07. The highest BCUT2D eigenvalue weighted by molar-refractivity contribution is 9.10. The minimum Gasteiger partial charge on any atom is -0.377 e. The predicted molar refractivity (Wildman–Crippen MR) is 78.9 cm³/mol. The summed E-state index contributed by atoms with van der Waals surface area (Å²) in [5.74, 6) is 0. The fourth-order valence-corrected chi connectivity index (χ4v) is 2.85. The molecule has 1 N–H and O–H groups in total. The number of anilines is 1. The van der Waals surface area contributed by atoms with Crippen LogP contribution in [0.4, 0.5) is 5.69 Å². The third-order valence-electron chi connectivity index (χ3n) is 3.02. The van der Waals surface area contributed by atoms with E-state index in [2.05, 4.69) is 59.2 Å². The molecule has 0 aliphatic rings. The predicted octanol–water partition coefficient (Wildman–Crippen LogP) is 3.97. The quantitative estimate of drug-likeness (QED) is 0.929. The van der Waals surface area contributed by atoms with Gasteiger partial charge in [-0.1, -0.05) is 6.07 Å². The maximum Gasteiger partial charge on any atom is 0.0542 e. The molecule has 0 amide bonds. The van der Waals surface area contributed by atoms with Gasteiger partial charge in [-0.25, -0.2) is 0 Å². The van der Waals surface area contributed by atoms with Crippen LogP contribution in [0.25, 0.3) is 0 Å². The van der Waals surface area contributed by atoms with Crippen molar-refractivity contribution in [2.45, 2.75) is 26.8 Å². The van der Waals surface area contributed by atoms with E-state index in [-0.39, 0.29) is 6.04 Å². The fourth-order valence-electron chi connectivity index (χ4n) is 2.06. The van der Waals surface area contributed by atoms with Crippen molar-refractivity contribution in [2.24, 2.45) is 7.05 Å². The van der Waals surface area contributed by atoms with Gasteiger partial charge in [-0.3, -0.25) is 4.68 Å². The van der Waals surface area contributed by atoms with Gasteiger partial charge in [0.05, 0.1) is 17.9 Å². The van der Waals surface area contributed by atoms with Crippen LogP contribution in [0.3, 0.4) is 0 Å². The van der Waals surface area contributed by atoms with Gasteiger partial charge >= 0.3 is 0 Å². The molecule has 0 saturated carbocycles. The third-order valence-corrected chi connectivity index (χ3v) is 3.64. The van der Waals surface area contributed by atoms with Crippen LogP contribution in [0.15, 0.2) is 29.0 Å². The summed E-state index contributed by atoms with van der Waals surface area (Å²) in [5.41, 5.74) is 4.85. The van der Waals surface area contributed by atoms with E-state index in [9.17, 15) is 0 Å². The van der Waals surface area contributed by atoms with Crippen LogP contribution in [0.5, 0.6) is 0 Å². The van der Waals surface area contributed by atoms with E-state index < -0.39 is 0 Å². The van der Waals surface area contributed by atoms with Gasteiger partial charge < -0.3 is 5.32 Å². The average Bonchev–Trinajstić information content (AvgIpc) is 2.70. The van der Waals surface area contributed by atoms with Gasteiger partial charge in [-0.05, 0) is 53.9 Å². The lowest BCUT2D eigenvalue weighted by molar-refractivity contribution is 0.765. The van der Waals surface area contributed by atoms with Gasteiger partial charge in [0.1, 0.15) is 0 Å². The summed E-state index contributed by atoms with van der Waals surface area (Å²) in [6.07, 6.45) is 3.93. The van der Waals surface area contributed by atoms with Crippen LogP contribution in [-0.4, -0.2) is 9.78 Å². The highest BCUT2D eigenvalue weighted by Crippen LogP contribution is 2.30. The first-order chi connectivity index (χ1) is 8.47. The monoisotopic (exact) mass is 307 g/mol. The first-order valence-electron chi connectivity index (χ1n) is 5.99. The van der Waals surface area contributed by atoms with E-state index in [1.807, 2.05) is 24.1 Å². The second-order valence-electron chi connectivity index (χ2n) is 4.75. The summed E-state index contributed by atoms with van der Waals surface area (Å²) in [6, 6.07) is 4.55. The summed E-state index contributed by atoms with van der Waals surface area (Å²) in [4.78, 5) is 0. The number of nitrogens with zero attached hydrogens (tertiary/aromatic N) is 2. The van der Waals surface area contributed by atoms with Crippen LogP contribution >= 0.6 is 15.9 Å². The van der Waals surface area contributed by atoms with Gasteiger partial charge in [-0.15, -0.1) is 0 Å². The van der Waals surface area contributed by atoms with E-state index in [1.165, 1.54) is 16.7 Å². The SMILES string of the molecule is Cc1cc(C)c(NC(C)c2cnn(C)c2)c(Br)c1. The molecule has 1 aromatic heterocycles. The molecule has 1 unspecified atom stereocenters. The molecule has 2 rings (SSSR count). The van der Waals surface area contributed by atoms with E-state index in [4.69, 9.17) is 0 Å². The topological polar surface area (TPSA) is 29.9 Å². The van der Waals surface area contributed by atoms with E-state index in [1.54, 1.807) is 0 Å².